The van der Waals surface area contributed by atoms with Gasteiger partial charge in [-0.15, -0.1) is 15.0 Å². The molecule has 1 fully saturated rings. The van der Waals surface area contributed by atoms with Crippen LogP contribution in [0.2, 0.25) is 0 Å². The maximum absolute atomic E-state index is 11.0. The fourth-order valence-electron chi connectivity index (χ4n) is 3.39. The van der Waals surface area contributed by atoms with Gasteiger partial charge in [-0.2, -0.15) is 5.26 Å². The third-order valence-electron chi connectivity index (χ3n) is 4.89. The van der Waals surface area contributed by atoms with Crippen LogP contribution in [0.15, 0.2) is 54.6 Å². The molecular formula is C20H19N7O2. The summed E-state index contributed by atoms with van der Waals surface area (Å²) in [7, 11) is 0. The van der Waals surface area contributed by atoms with Crippen molar-refractivity contribution in [2.45, 2.75) is 6.54 Å². The van der Waals surface area contributed by atoms with Gasteiger partial charge in [0.2, 0.25) is 5.69 Å². The summed E-state index contributed by atoms with van der Waals surface area (Å²) in [5.74, 6) is 0.512. The van der Waals surface area contributed by atoms with E-state index >= 15 is 0 Å². The second-order valence-electron chi connectivity index (χ2n) is 6.80. The highest BCUT2D eigenvalue weighted by Crippen LogP contribution is 2.21. The molecule has 0 aliphatic carbocycles. The standard InChI is InChI=1S/C20H19N7O2/c21-14-19-20(23-26(22-19)17-7-4-8-18(13-17)27(28)29)25-11-9-24(10-12-25)15-16-5-2-1-3-6-16/h1-8,13H,9-12,15H2. The molecule has 1 saturated heterocycles. The van der Waals surface area contributed by atoms with E-state index in [0.29, 0.717) is 11.5 Å². The number of nitro benzene ring substituents is 1. The molecular weight excluding hydrogens is 370 g/mol. The Morgan fingerprint density at radius 3 is 2.48 bits per heavy atom. The Hall–Kier alpha value is -3.77. The third kappa shape index (κ3) is 4.07. The van der Waals surface area contributed by atoms with Crippen molar-refractivity contribution in [2.75, 3.05) is 31.1 Å². The molecule has 4 rings (SSSR count). The molecule has 0 N–H and O–H groups in total. The van der Waals surface area contributed by atoms with Crippen molar-refractivity contribution in [2.24, 2.45) is 0 Å². The first-order chi connectivity index (χ1) is 14.1. The first-order valence-corrected chi connectivity index (χ1v) is 9.27. The predicted molar refractivity (Wildman–Crippen MR) is 107 cm³/mol. The molecule has 2 aromatic carbocycles. The fraction of sp³-hybridized carbons (Fsp3) is 0.250. The zero-order valence-electron chi connectivity index (χ0n) is 15.7. The first kappa shape index (κ1) is 18.6. The number of nitrogens with zero attached hydrogens (tertiary/aromatic N) is 7. The minimum atomic E-state index is -0.467. The Morgan fingerprint density at radius 2 is 1.79 bits per heavy atom. The number of anilines is 1. The van der Waals surface area contributed by atoms with Gasteiger partial charge in [-0.3, -0.25) is 15.0 Å². The summed E-state index contributed by atoms with van der Waals surface area (Å²) in [5, 5.41) is 29.2. The van der Waals surface area contributed by atoms with Crippen LogP contribution in [0.3, 0.4) is 0 Å². The van der Waals surface area contributed by atoms with Crippen LogP contribution in [0.5, 0.6) is 0 Å². The molecule has 0 radical (unpaired) electrons. The van der Waals surface area contributed by atoms with Gasteiger partial charge < -0.3 is 4.90 Å². The van der Waals surface area contributed by atoms with Gasteiger partial charge >= 0.3 is 0 Å². The van der Waals surface area contributed by atoms with Crippen molar-refractivity contribution in [3.63, 3.8) is 0 Å². The summed E-state index contributed by atoms with van der Waals surface area (Å²) < 4.78 is 0. The lowest BCUT2D eigenvalue weighted by Crippen LogP contribution is -2.46. The molecule has 0 atom stereocenters. The van der Waals surface area contributed by atoms with Gasteiger partial charge in [-0.1, -0.05) is 36.4 Å². The minimum absolute atomic E-state index is 0.0469. The Bertz CT molecular complexity index is 1050. The van der Waals surface area contributed by atoms with Gasteiger partial charge in [-0.05, 0) is 11.6 Å². The average Bonchev–Trinajstić information content (AvgIpc) is 3.20. The van der Waals surface area contributed by atoms with Gasteiger partial charge in [0.15, 0.2) is 5.82 Å². The van der Waals surface area contributed by atoms with Gasteiger partial charge in [-0.25, -0.2) is 0 Å². The molecule has 9 nitrogen and oxygen atoms in total. The molecule has 1 aliphatic heterocycles. The zero-order chi connectivity index (χ0) is 20.2. The summed E-state index contributed by atoms with van der Waals surface area (Å²) in [6.07, 6.45) is 0. The lowest BCUT2D eigenvalue weighted by Gasteiger charge is -2.34. The van der Waals surface area contributed by atoms with E-state index in [1.54, 1.807) is 12.1 Å². The number of rotatable bonds is 5. The van der Waals surface area contributed by atoms with Gasteiger partial charge in [0.1, 0.15) is 6.07 Å². The highest BCUT2D eigenvalue weighted by atomic mass is 16.6. The van der Waals surface area contributed by atoms with Crippen LogP contribution in [0.1, 0.15) is 11.3 Å². The topological polar surface area (TPSA) is 104 Å². The lowest BCUT2D eigenvalue weighted by molar-refractivity contribution is -0.384. The number of hydrogen-bond donors (Lipinski definition) is 0. The van der Waals surface area contributed by atoms with E-state index in [1.165, 1.54) is 22.5 Å². The molecule has 1 aromatic heterocycles. The van der Waals surface area contributed by atoms with Gasteiger partial charge in [0.25, 0.3) is 5.69 Å². The van der Waals surface area contributed by atoms with Crippen LogP contribution in [0.25, 0.3) is 5.69 Å². The number of nitriles is 1. The van der Waals surface area contributed by atoms with E-state index in [9.17, 15) is 15.4 Å². The summed E-state index contributed by atoms with van der Waals surface area (Å²) in [4.78, 5) is 16.2. The molecule has 2 heterocycles. The Morgan fingerprint density at radius 1 is 1.03 bits per heavy atom. The van der Waals surface area contributed by atoms with E-state index in [2.05, 4.69) is 33.3 Å². The summed E-state index contributed by atoms with van der Waals surface area (Å²) in [6.45, 7) is 4.05. The van der Waals surface area contributed by atoms with E-state index in [0.717, 1.165) is 32.7 Å². The number of nitro groups is 1. The quantitative estimate of drug-likeness (QED) is 0.487. The minimum Gasteiger partial charge on any atom is -0.350 e. The van der Waals surface area contributed by atoms with Crippen LogP contribution in [-0.4, -0.2) is 51.0 Å². The van der Waals surface area contributed by atoms with Crippen LogP contribution in [-0.2, 0) is 6.54 Å². The zero-order valence-corrected chi connectivity index (χ0v) is 15.7. The van der Waals surface area contributed by atoms with E-state index in [4.69, 9.17) is 0 Å². The first-order valence-electron chi connectivity index (χ1n) is 9.27. The largest absolute Gasteiger partial charge is 0.350 e. The number of non-ortho nitro benzene ring substituents is 1. The smallest absolute Gasteiger partial charge is 0.271 e. The molecule has 3 aromatic rings. The fourth-order valence-corrected chi connectivity index (χ4v) is 3.39. The maximum atomic E-state index is 11.0. The molecule has 146 valence electrons. The molecule has 9 heteroatoms. The molecule has 0 saturated carbocycles. The van der Waals surface area contributed by atoms with Crippen LogP contribution in [0, 0.1) is 21.4 Å². The third-order valence-corrected chi connectivity index (χ3v) is 4.89. The number of piperazine rings is 1. The van der Waals surface area contributed by atoms with Crippen molar-refractivity contribution in [1.82, 2.24) is 19.9 Å². The SMILES string of the molecule is N#Cc1nn(-c2cccc([N+](=O)[O-])c2)nc1N1CCN(Cc2ccccc2)CC1. The molecule has 29 heavy (non-hydrogen) atoms. The predicted octanol–water partition coefficient (Wildman–Crippen LogP) is 2.37. The number of benzene rings is 2. The van der Waals surface area contributed by atoms with Crippen LogP contribution < -0.4 is 4.90 Å². The molecule has 1 aliphatic rings. The van der Waals surface area contributed by atoms with Crippen molar-refractivity contribution in [3.8, 4) is 11.8 Å². The average molecular weight is 389 g/mol. The Balaban J connectivity index is 1.49. The lowest BCUT2D eigenvalue weighted by atomic mass is 10.2. The Labute approximate surface area is 167 Å². The Kier molecular flexibility index (Phi) is 5.18. The summed E-state index contributed by atoms with van der Waals surface area (Å²) >= 11 is 0. The van der Waals surface area contributed by atoms with Crippen LogP contribution in [0.4, 0.5) is 11.5 Å². The van der Waals surface area contributed by atoms with Crippen molar-refractivity contribution in [3.05, 3.63) is 76.0 Å². The van der Waals surface area contributed by atoms with E-state index in [1.807, 2.05) is 23.1 Å². The van der Waals surface area contributed by atoms with E-state index < -0.39 is 4.92 Å². The van der Waals surface area contributed by atoms with Gasteiger partial charge in [0.05, 0.1) is 10.6 Å². The normalized spacial score (nSPS) is 14.5. The monoisotopic (exact) mass is 389 g/mol. The number of aromatic nitrogens is 3. The van der Waals surface area contributed by atoms with Crippen molar-refractivity contribution >= 4 is 11.5 Å². The second-order valence-corrected chi connectivity index (χ2v) is 6.80. The van der Waals surface area contributed by atoms with E-state index in [-0.39, 0.29) is 11.4 Å². The van der Waals surface area contributed by atoms with Crippen LogP contribution >= 0.6 is 0 Å². The molecule has 0 unspecified atom stereocenters. The highest BCUT2D eigenvalue weighted by molar-refractivity contribution is 5.51. The van der Waals surface area contributed by atoms with Gasteiger partial charge in [0, 0.05) is 44.9 Å². The molecule has 0 amide bonds. The molecule has 0 bridgehead atoms. The molecule has 0 spiro atoms. The van der Waals surface area contributed by atoms with Crippen molar-refractivity contribution < 1.29 is 4.92 Å². The summed E-state index contributed by atoms with van der Waals surface area (Å²) in [6, 6.07) is 18.5. The maximum Gasteiger partial charge on any atom is 0.271 e. The second kappa shape index (κ2) is 8.08. The highest BCUT2D eigenvalue weighted by Gasteiger charge is 2.23. The van der Waals surface area contributed by atoms with Crippen molar-refractivity contribution in [1.29, 1.82) is 5.26 Å². The summed E-state index contributed by atoms with van der Waals surface area (Å²) in [5.41, 5.74) is 1.89. The number of hydrogen-bond acceptors (Lipinski definition) is 7.